The van der Waals surface area contributed by atoms with Crippen LogP contribution in [-0.2, 0) is 16.1 Å². The van der Waals surface area contributed by atoms with Crippen LogP contribution in [0, 0.1) is 0 Å². The largest absolute Gasteiger partial charge is 0.493 e. The highest BCUT2D eigenvalue weighted by atomic mass is 16.5. The van der Waals surface area contributed by atoms with Crippen LogP contribution >= 0.6 is 0 Å². The second-order valence-electron chi connectivity index (χ2n) is 4.05. The molecule has 1 N–H and O–H groups in total. The van der Waals surface area contributed by atoms with E-state index in [1.807, 2.05) is 18.2 Å². The number of carbonyl (C=O) groups excluding carboxylic acids is 1. The first-order chi connectivity index (χ1) is 9.21. The predicted octanol–water partition coefficient (Wildman–Crippen LogP) is 1.75. The molecule has 0 atom stereocenters. The van der Waals surface area contributed by atoms with Crippen LogP contribution in [0.3, 0.4) is 0 Å². The van der Waals surface area contributed by atoms with Gasteiger partial charge in [-0.05, 0) is 30.7 Å². The van der Waals surface area contributed by atoms with Crippen molar-refractivity contribution in [1.82, 2.24) is 5.32 Å². The van der Waals surface area contributed by atoms with Crippen molar-refractivity contribution in [2.75, 3.05) is 27.9 Å². The number of benzene rings is 1. The van der Waals surface area contributed by atoms with E-state index in [2.05, 4.69) is 10.1 Å². The van der Waals surface area contributed by atoms with E-state index in [1.165, 1.54) is 7.11 Å². The molecule has 0 aromatic heterocycles. The summed E-state index contributed by atoms with van der Waals surface area (Å²) in [5.41, 5.74) is 1.11. The molecular formula is C14H21NO4. The molecule has 0 saturated heterocycles. The van der Waals surface area contributed by atoms with Gasteiger partial charge in [0, 0.05) is 13.0 Å². The van der Waals surface area contributed by atoms with Gasteiger partial charge < -0.3 is 19.5 Å². The highest BCUT2D eigenvalue weighted by Gasteiger charge is 2.04. The van der Waals surface area contributed by atoms with Crippen LogP contribution in [0.5, 0.6) is 11.5 Å². The Kier molecular flexibility index (Phi) is 6.74. The molecule has 0 aliphatic rings. The van der Waals surface area contributed by atoms with Crippen molar-refractivity contribution in [1.29, 1.82) is 0 Å². The standard InChI is InChI=1S/C14H21NO4/c1-17-12-7-6-11(9-13(12)18-2)10-15-8-4-5-14(16)19-3/h6-7,9,15H,4-5,8,10H2,1-3H3. The SMILES string of the molecule is COC(=O)CCCNCc1ccc(OC)c(OC)c1. The number of nitrogens with one attached hydrogen (secondary N) is 1. The number of carbonyl (C=O) groups is 1. The Morgan fingerprint density at radius 2 is 1.89 bits per heavy atom. The van der Waals surface area contributed by atoms with Crippen LogP contribution in [0.4, 0.5) is 0 Å². The Bertz CT molecular complexity index is 406. The Hall–Kier alpha value is -1.75. The summed E-state index contributed by atoms with van der Waals surface area (Å²) in [4.78, 5) is 10.9. The maximum Gasteiger partial charge on any atom is 0.305 e. The zero-order valence-corrected chi connectivity index (χ0v) is 11.7. The second kappa shape index (κ2) is 8.37. The van der Waals surface area contributed by atoms with E-state index in [9.17, 15) is 4.79 Å². The summed E-state index contributed by atoms with van der Waals surface area (Å²) in [6.07, 6.45) is 1.20. The van der Waals surface area contributed by atoms with Gasteiger partial charge in [-0.3, -0.25) is 4.79 Å². The summed E-state index contributed by atoms with van der Waals surface area (Å²) in [5, 5.41) is 3.27. The fourth-order valence-electron chi connectivity index (χ4n) is 1.68. The Balaban J connectivity index is 2.35. The van der Waals surface area contributed by atoms with E-state index in [-0.39, 0.29) is 5.97 Å². The van der Waals surface area contributed by atoms with Crippen molar-refractivity contribution >= 4 is 5.97 Å². The first kappa shape index (κ1) is 15.3. The van der Waals surface area contributed by atoms with Gasteiger partial charge in [0.2, 0.25) is 0 Å². The lowest BCUT2D eigenvalue weighted by molar-refractivity contribution is -0.140. The van der Waals surface area contributed by atoms with Gasteiger partial charge >= 0.3 is 5.97 Å². The molecule has 106 valence electrons. The third kappa shape index (κ3) is 5.18. The lowest BCUT2D eigenvalue weighted by Gasteiger charge is -2.10. The second-order valence-corrected chi connectivity index (χ2v) is 4.05. The molecule has 0 fully saturated rings. The van der Waals surface area contributed by atoms with Crippen molar-refractivity contribution in [2.45, 2.75) is 19.4 Å². The molecule has 1 rings (SSSR count). The zero-order valence-electron chi connectivity index (χ0n) is 11.7. The number of rotatable bonds is 8. The minimum absolute atomic E-state index is 0.173. The maximum atomic E-state index is 10.9. The average molecular weight is 267 g/mol. The lowest BCUT2D eigenvalue weighted by Crippen LogP contribution is -2.16. The number of ether oxygens (including phenoxy) is 3. The summed E-state index contributed by atoms with van der Waals surface area (Å²) in [6.45, 7) is 1.49. The van der Waals surface area contributed by atoms with Gasteiger partial charge in [-0.1, -0.05) is 6.07 Å². The van der Waals surface area contributed by atoms with Gasteiger partial charge in [0.15, 0.2) is 11.5 Å². The molecule has 5 nitrogen and oxygen atoms in total. The molecule has 0 amide bonds. The molecule has 1 aromatic rings. The zero-order chi connectivity index (χ0) is 14.1. The molecule has 0 aliphatic carbocycles. The minimum atomic E-state index is -0.173. The van der Waals surface area contributed by atoms with Gasteiger partial charge in [0.1, 0.15) is 0 Å². The van der Waals surface area contributed by atoms with E-state index in [4.69, 9.17) is 9.47 Å². The van der Waals surface area contributed by atoms with Crippen molar-refractivity contribution in [3.8, 4) is 11.5 Å². The Labute approximate surface area is 113 Å². The highest BCUT2D eigenvalue weighted by molar-refractivity contribution is 5.69. The number of hydrogen-bond acceptors (Lipinski definition) is 5. The lowest BCUT2D eigenvalue weighted by atomic mass is 10.2. The van der Waals surface area contributed by atoms with E-state index in [1.54, 1.807) is 14.2 Å². The third-order valence-corrected chi connectivity index (χ3v) is 2.74. The van der Waals surface area contributed by atoms with E-state index in [0.717, 1.165) is 36.6 Å². The average Bonchev–Trinajstić information content (AvgIpc) is 2.46. The molecule has 0 saturated carbocycles. The van der Waals surface area contributed by atoms with Crippen molar-refractivity contribution < 1.29 is 19.0 Å². The molecule has 0 radical (unpaired) electrons. The van der Waals surface area contributed by atoms with Crippen LogP contribution in [0.25, 0.3) is 0 Å². The monoisotopic (exact) mass is 267 g/mol. The van der Waals surface area contributed by atoms with Crippen LogP contribution in [0.1, 0.15) is 18.4 Å². The predicted molar refractivity (Wildman–Crippen MR) is 72.5 cm³/mol. The summed E-state index contributed by atoms with van der Waals surface area (Å²) in [7, 11) is 4.63. The molecule has 5 heteroatoms. The summed E-state index contributed by atoms with van der Waals surface area (Å²) < 4.78 is 15.0. The summed E-state index contributed by atoms with van der Waals surface area (Å²) in [5.74, 6) is 1.27. The van der Waals surface area contributed by atoms with Crippen molar-refractivity contribution in [2.24, 2.45) is 0 Å². The third-order valence-electron chi connectivity index (χ3n) is 2.74. The van der Waals surface area contributed by atoms with Crippen LogP contribution < -0.4 is 14.8 Å². The van der Waals surface area contributed by atoms with Crippen LogP contribution in [0.2, 0.25) is 0 Å². The van der Waals surface area contributed by atoms with Crippen molar-refractivity contribution in [3.05, 3.63) is 23.8 Å². The first-order valence-electron chi connectivity index (χ1n) is 6.19. The number of methoxy groups -OCH3 is 3. The molecular weight excluding hydrogens is 246 g/mol. The number of hydrogen-bond donors (Lipinski definition) is 1. The first-order valence-corrected chi connectivity index (χ1v) is 6.19. The summed E-state index contributed by atoms with van der Waals surface area (Å²) >= 11 is 0. The molecule has 1 aromatic carbocycles. The number of esters is 1. The van der Waals surface area contributed by atoms with E-state index >= 15 is 0 Å². The molecule has 0 unspecified atom stereocenters. The molecule has 0 bridgehead atoms. The maximum absolute atomic E-state index is 10.9. The minimum Gasteiger partial charge on any atom is -0.493 e. The fourth-order valence-corrected chi connectivity index (χ4v) is 1.68. The molecule has 0 spiro atoms. The molecule has 0 aliphatic heterocycles. The van der Waals surface area contributed by atoms with E-state index < -0.39 is 0 Å². The van der Waals surface area contributed by atoms with Gasteiger partial charge in [-0.25, -0.2) is 0 Å². The van der Waals surface area contributed by atoms with Gasteiger partial charge in [0.25, 0.3) is 0 Å². The quantitative estimate of drug-likeness (QED) is 0.574. The van der Waals surface area contributed by atoms with E-state index in [0.29, 0.717) is 6.42 Å². The topological polar surface area (TPSA) is 56.8 Å². The van der Waals surface area contributed by atoms with Crippen molar-refractivity contribution in [3.63, 3.8) is 0 Å². The Morgan fingerprint density at radius 3 is 2.53 bits per heavy atom. The normalized spacial score (nSPS) is 10.1. The smallest absolute Gasteiger partial charge is 0.305 e. The van der Waals surface area contributed by atoms with Crippen LogP contribution in [0.15, 0.2) is 18.2 Å². The van der Waals surface area contributed by atoms with Crippen LogP contribution in [-0.4, -0.2) is 33.8 Å². The highest BCUT2D eigenvalue weighted by Crippen LogP contribution is 2.27. The Morgan fingerprint density at radius 1 is 1.16 bits per heavy atom. The van der Waals surface area contributed by atoms with Gasteiger partial charge in [-0.2, -0.15) is 0 Å². The van der Waals surface area contributed by atoms with Gasteiger partial charge in [-0.15, -0.1) is 0 Å². The summed E-state index contributed by atoms with van der Waals surface area (Å²) in [6, 6.07) is 5.80. The fraction of sp³-hybridized carbons (Fsp3) is 0.500. The molecule has 19 heavy (non-hydrogen) atoms. The molecule has 0 heterocycles. The van der Waals surface area contributed by atoms with Gasteiger partial charge in [0.05, 0.1) is 21.3 Å².